The van der Waals surface area contributed by atoms with Gasteiger partial charge in [-0.25, -0.2) is 0 Å². The number of unbranched alkanes of at least 4 members (excludes halogenated alkanes) is 28. The molecule has 0 spiro atoms. The van der Waals surface area contributed by atoms with E-state index in [9.17, 15) is 14.4 Å². The summed E-state index contributed by atoms with van der Waals surface area (Å²) in [5, 5.41) is 0. The molecular formula is C67H114O6. The summed E-state index contributed by atoms with van der Waals surface area (Å²) in [4.78, 5) is 38.0. The number of hydrogen-bond acceptors (Lipinski definition) is 6. The van der Waals surface area contributed by atoms with Crippen LogP contribution in [0.15, 0.2) is 97.2 Å². The Labute approximate surface area is 451 Å². The lowest BCUT2D eigenvalue weighted by Gasteiger charge is -2.18. The van der Waals surface area contributed by atoms with E-state index in [1.807, 2.05) is 0 Å². The van der Waals surface area contributed by atoms with Gasteiger partial charge in [0.25, 0.3) is 0 Å². The lowest BCUT2D eigenvalue weighted by Crippen LogP contribution is -2.30. The smallest absolute Gasteiger partial charge is 0.306 e. The van der Waals surface area contributed by atoms with Crippen molar-refractivity contribution in [1.82, 2.24) is 0 Å². The van der Waals surface area contributed by atoms with Gasteiger partial charge in [0.2, 0.25) is 0 Å². The largest absolute Gasteiger partial charge is 0.462 e. The number of esters is 3. The molecule has 0 aromatic heterocycles. The summed E-state index contributed by atoms with van der Waals surface area (Å²) in [5.74, 6) is -0.899. The van der Waals surface area contributed by atoms with Crippen molar-refractivity contribution in [2.45, 2.75) is 297 Å². The van der Waals surface area contributed by atoms with Crippen LogP contribution in [0.1, 0.15) is 290 Å². The van der Waals surface area contributed by atoms with Crippen LogP contribution in [-0.4, -0.2) is 37.2 Å². The van der Waals surface area contributed by atoms with Gasteiger partial charge in [-0.15, -0.1) is 0 Å². The molecule has 0 saturated heterocycles. The van der Waals surface area contributed by atoms with E-state index in [-0.39, 0.29) is 31.1 Å². The van der Waals surface area contributed by atoms with Crippen LogP contribution in [0.2, 0.25) is 0 Å². The molecular weight excluding hydrogens is 901 g/mol. The highest BCUT2D eigenvalue weighted by Gasteiger charge is 2.19. The van der Waals surface area contributed by atoms with E-state index in [0.717, 1.165) is 109 Å². The van der Waals surface area contributed by atoms with Crippen molar-refractivity contribution in [2.24, 2.45) is 0 Å². The van der Waals surface area contributed by atoms with Gasteiger partial charge in [-0.05, 0) is 103 Å². The fourth-order valence-electron chi connectivity index (χ4n) is 8.48. The number of allylic oxidation sites excluding steroid dienone is 16. The minimum Gasteiger partial charge on any atom is -0.462 e. The van der Waals surface area contributed by atoms with Crippen LogP contribution in [-0.2, 0) is 28.6 Å². The van der Waals surface area contributed by atoms with E-state index in [1.165, 1.54) is 141 Å². The third kappa shape index (κ3) is 59.1. The molecule has 0 N–H and O–H groups in total. The van der Waals surface area contributed by atoms with Crippen molar-refractivity contribution in [3.8, 4) is 0 Å². The molecule has 0 saturated carbocycles. The van der Waals surface area contributed by atoms with Crippen molar-refractivity contribution in [2.75, 3.05) is 13.2 Å². The zero-order valence-electron chi connectivity index (χ0n) is 47.9. The standard InChI is InChI=1S/C67H114O6/c1-4-7-10-13-16-18-20-22-24-26-28-30-32-33-35-36-38-40-42-44-46-48-51-54-57-60-66(69)72-63-64(62-71-65(68)59-56-53-50-15-12-9-6-3)73-67(70)61-58-55-52-49-47-45-43-41-39-37-34-31-29-27-25-23-21-19-17-14-11-8-5-2/h8,11,17,19-20,22-23,25-26,28-29,31-33,37,39,64H,4-7,9-10,12-16,18,21,24,27,30,34-36,38,40-63H2,1-3H3/b11-8-,19-17-,22-20-,25-23-,28-26-,31-29-,33-32-,39-37-. The second-order valence-electron chi connectivity index (χ2n) is 20.2. The van der Waals surface area contributed by atoms with E-state index in [4.69, 9.17) is 14.2 Å². The summed E-state index contributed by atoms with van der Waals surface area (Å²) in [6.45, 7) is 6.47. The number of rotatable bonds is 55. The summed E-state index contributed by atoms with van der Waals surface area (Å²) in [5.41, 5.74) is 0. The average Bonchev–Trinajstić information content (AvgIpc) is 3.39. The maximum Gasteiger partial charge on any atom is 0.306 e. The number of hydrogen-bond donors (Lipinski definition) is 0. The van der Waals surface area contributed by atoms with Gasteiger partial charge in [0.1, 0.15) is 13.2 Å². The van der Waals surface area contributed by atoms with Crippen molar-refractivity contribution in [1.29, 1.82) is 0 Å². The van der Waals surface area contributed by atoms with Gasteiger partial charge in [0, 0.05) is 19.3 Å². The second-order valence-corrected chi connectivity index (χ2v) is 20.2. The van der Waals surface area contributed by atoms with Gasteiger partial charge in [0.05, 0.1) is 0 Å². The van der Waals surface area contributed by atoms with Gasteiger partial charge in [0.15, 0.2) is 6.10 Å². The van der Waals surface area contributed by atoms with Gasteiger partial charge >= 0.3 is 17.9 Å². The first-order valence-corrected chi connectivity index (χ1v) is 30.7. The molecule has 0 heterocycles. The van der Waals surface area contributed by atoms with E-state index in [0.29, 0.717) is 19.3 Å². The van der Waals surface area contributed by atoms with Crippen molar-refractivity contribution < 1.29 is 28.6 Å². The summed E-state index contributed by atoms with van der Waals surface area (Å²) >= 11 is 0. The molecule has 1 atom stereocenters. The molecule has 6 nitrogen and oxygen atoms in total. The van der Waals surface area contributed by atoms with Crippen LogP contribution in [0.5, 0.6) is 0 Å². The molecule has 0 aliphatic carbocycles. The topological polar surface area (TPSA) is 78.9 Å². The van der Waals surface area contributed by atoms with Crippen LogP contribution in [0.3, 0.4) is 0 Å². The Morgan fingerprint density at radius 2 is 0.534 bits per heavy atom. The SMILES string of the molecule is CC/C=C\C/C=C\C/C=C\C/C=C\C/C=C\CCCCCCCCCC(=O)OC(COC(=O)CCCCCCCCC)COC(=O)CCCCCCCCCCCC/C=C\C/C=C\C/C=C\CCCCCCC. The quantitative estimate of drug-likeness (QED) is 0.0261. The molecule has 0 bridgehead atoms. The van der Waals surface area contributed by atoms with Crippen molar-refractivity contribution in [3.63, 3.8) is 0 Å². The Morgan fingerprint density at radius 1 is 0.288 bits per heavy atom. The summed E-state index contributed by atoms with van der Waals surface area (Å²) < 4.78 is 16.8. The van der Waals surface area contributed by atoms with E-state index < -0.39 is 6.10 Å². The van der Waals surface area contributed by atoms with Crippen LogP contribution in [0.4, 0.5) is 0 Å². The zero-order chi connectivity index (χ0) is 52.9. The summed E-state index contributed by atoms with van der Waals surface area (Å²) in [7, 11) is 0. The van der Waals surface area contributed by atoms with Gasteiger partial charge in [-0.1, -0.05) is 266 Å². The molecule has 0 fully saturated rings. The third-order valence-corrected chi connectivity index (χ3v) is 13.1. The highest BCUT2D eigenvalue weighted by Crippen LogP contribution is 2.15. The molecule has 0 aliphatic heterocycles. The van der Waals surface area contributed by atoms with E-state index in [1.54, 1.807) is 0 Å². The van der Waals surface area contributed by atoms with Crippen LogP contribution < -0.4 is 0 Å². The van der Waals surface area contributed by atoms with Crippen LogP contribution in [0, 0.1) is 0 Å². The highest BCUT2D eigenvalue weighted by molar-refractivity contribution is 5.71. The van der Waals surface area contributed by atoms with E-state index >= 15 is 0 Å². The average molecular weight is 1020 g/mol. The number of ether oxygens (including phenoxy) is 3. The Bertz CT molecular complexity index is 1440. The minimum atomic E-state index is -0.784. The van der Waals surface area contributed by atoms with Crippen LogP contribution >= 0.6 is 0 Å². The molecule has 73 heavy (non-hydrogen) atoms. The fourth-order valence-corrected chi connectivity index (χ4v) is 8.48. The predicted octanol–water partition coefficient (Wildman–Crippen LogP) is 20.9. The molecule has 0 amide bonds. The highest BCUT2D eigenvalue weighted by atomic mass is 16.6. The van der Waals surface area contributed by atoms with Gasteiger partial charge in [-0.3, -0.25) is 14.4 Å². The van der Waals surface area contributed by atoms with Gasteiger partial charge < -0.3 is 14.2 Å². The zero-order valence-corrected chi connectivity index (χ0v) is 47.9. The Hall–Kier alpha value is -3.67. The maximum atomic E-state index is 12.8. The summed E-state index contributed by atoms with van der Waals surface area (Å²) in [6.07, 6.45) is 81.4. The second kappa shape index (κ2) is 60.9. The van der Waals surface area contributed by atoms with Crippen molar-refractivity contribution >= 4 is 17.9 Å². The van der Waals surface area contributed by atoms with E-state index in [2.05, 4.69) is 118 Å². The minimum absolute atomic E-state index is 0.0827. The molecule has 1 unspecified atom stereocenters. The number of carbonyl (C=O) groups excluding carboxylic acids is 3. The first-order valence-electron chi connectivity index (χ1n) is 30.7. The molecule has 0 aromatic carbocycles. The van der Waals surface area contributed by atoms with Crippen molar-refractivity contribution in [3.05, 3.63) is 97.2 Å². The first-order chi connectivity index (χ1) is 36.0. The first kappa shape index (κ1) is 69.3. The van der Waals surface area contributed by atoms with Crippen LogP contribution in [0.25, 0.3) is 0 Å². The Balaban J connectivity index is 4.20. The number of carbonyl (C=O) groups is 3. The predicted molar refractivity (Wildman–Crippen MR) is 316 cm³/mol. The van der Waals surface area contributed by atoms with Gasteiger partial charge in [-0.2, -0.15) is 0 Å². The molecule has 418 valence electrons. The summed E-state index contributed by atoms with van der Waals surface area (Å²) in [6, 6.07) is 0. The Morgan fingerprint density at radius 3 is 0.836 bits per heavy atom. The molecule has 0 aliphatic rings. The lowest BCUT2D eigenvalue weighted by molar-refractivity contribution is -0.167. The maximum absolute atomic E-state index is 12.8. The fraction of sp³-hybridized carbons (Fsp3) is 0.716. The third-order valence-electron chi connectivity index (χ3n) is 13.1. The Kier molecular flexibility index (Phi) is 57.8. The molecule has 0 aromatic rings. The molecule has 0 rings (SSSR count). The lowest BCUT2D eigenvalue weighted by atomic mass is 10.1. The normalized spacial score (nSPS) is 12.8. The molecule has 0 radical (unpaired) electrons. The molecule has 6 heteroatoms. The monoisotopic (exact) mass is 1010 g/mol.